The van der Waals surface area contributed by atoms with Crippen LogP contribution in [-0.4, -0.2) is 35.8 Å². The number of aliphatic hydroxyl groups is 1. The number of pyridine rings is 1. The molecule has 8 nitrogen and oxygen atoms in total. The molecule has 2 rings (SSSR count). The van der Waals surface area contributed by atoms with Crippen LogP contribution in [0.25, 0.3) is 11.1 Å². The summed E-state index contributed by atoms with van der Waals surface area (Å²) in [4.78, 5) is 16.2. The average molecular weight is 456 g/mol. The number of hydrogen-bond donors (Lipinski definition) is 2. The smallest absolute Gasteiger partial charge is 0.308 e. The van der Waals surface area contributed by atoms with Crippen LogP contribution in [0.1, 0.15) is 71.0 Å². The third-order valence-corrected chi connectivity index (χ3v) is 5.84. The highest BCUT2D eigenvalue weighted by molar-refractivity contribution is 7.84. The summed E-state index contributed by atoms with van der Waals surface area (Å²) in [6.45, 7) is 11.7. The summed E-state index contributed by atoms with van der Waals surface area (Å²) in [7, 11) is -1.56. The van der Waals surface area contributed by atoms with E-state index < -0.39 is 45.9 Å². The van der Waals surface area contributed by atoms with Crippen molar-refractivity contribution < 1.29 is 27.8 Å². The van der Waals surface area contributed by atoms with E-state index in [2.05, 4.69) is 14.9 Å². The molecular formula is C21H30FN3O5S. The van der Waals surface area contributed by atoms with Crippen LogP contribution in [0.15, 0.2) is 16.8 Å². The molecule has 0 aliphatic heterocycles. The molecule has 2 heterocycles. The molecular weight excluding hydrogens is 425 g/mol. The number of halogens is 1. The first-order valence-corrected chi connectivity index (χ1v) is 11.0. The second kappa shape index (κ2) is 9.54. The van der Waals surface area contributed by atoms with E-state index in [1.165, 1.54) is 12.3 Å². The van der Waals surface area contributed by atoms with Gasteiger partial charge < -0.3 is 14.4 Å². The molecule has 0 aliphatic carbocycles. The number of carbonyl (C=O) groups excluding carboxylic acids is 1. The zero-order valence-corrected chi connectivity index (χ0v) is 19.7. The Balaban J connectivity index is 2.56. The third kappa shape index (κ3) is 6.41. The summed E-state index contributed by atoms with van der Waals surface area (Å²) < 4.78 is 40.3. The van der Waals surface area contributed by atoms with Crippen molar-refractivity contribution in [2.45, 2.75) is 77.9 Å². The number of rotatable bonds is 7. The van der Waals surface area contributed by atoms with Crippen molar-refractivity contribution in [3.05, 3.63) is 35.2 Å². The second-order valence-corrected chi connectivity index (χ2v) is 11.1. The van der Waals surface area contributed by atoms with Gasteiger partial charge in [-0.25, -0.2) is 13.9 Å². The van der Waals surface area contributed by atoms with Crippen LogP contribution in [-0.2, 0) is 27.1 Å². The summed E-state index contributed by atoms with van der Waals surface area (Å²) in [5, 5.41) is 13.7. The Morgan fingerprint density at radius 2 is 1.97 bits per heavy atom. The fourth-order valence-electron chi connectivity index (χ4n) is 2.85. The van der Waals surface area contributed by atoms with Crippen molar-refractivity contribution >= 4 is 17.0 Å². The van der Waals surface area contributed by atoms with Crippen LogP contribution in [0.5, 0.6) is 0 Å². The van der Waals surface area contributed by atoms with Crippen molar-refractivity contribution in [2.24, 2.45) is 0 Å². The maximum atomic E-state index is 14.2. The van der Waals surface area contributed by atoms with Crippen LogP contribution in [0.3, 0.4) is 0 Å². The molecule has 31 heavy (non-hydrogen) atoms. The monoisotopic (exact) mass is 455 g/mol. The molecule has 0 aromatic carbocycles. The minimum Gasteiger partial charge on any atom is -0.460 e. The molecule has 172 valence electrons. The molecule has 10 heteroatoms. The van der Waals surface area contributed by atoms with Gasteiger partial charge in [-0.05, 0) is 60.1 Å². The van der Waals surface area contributed by atoms with Crippen molar-refractivity contribution in [2.75, 3.05) is 0 Å². The molecule has 0 bridgehead atoms. The number of carbonyl (C=O) groups is 1. The van der Waals surface area contributed by atoms with Crippen molar-refractivity contribution in [1.29, 1.82) is 0 Å². The van der Waals surface area contributed by atoms with Gasteiger partial charge >= 0.3 is 5.97 Å². The minimum absolute atomic E-state index is 0.0250. The molecule has 2 aromatic heterocycles. The van der Waals surface area contributed by atoms with Crippen LogP contribution < -0.4 is 4.72 Å². The van der Waals surface area contributed by atoms with Gasteiger partial charge in [0.15, 0.2) is 5.76 Å². The summed E-state index contributed by atoms with van der Waals surface area (Å²) >= 11 is 0. The Hall–Kier alpha value is -2.17. The Kier molecular flexibility index (Phi) is 7.72. The molecule has 0 saturated carbocycles. The molecule has 2 N–H and O–H groups in total. The predicted octanol–water partition coefficient (Wildman–Crippen LogP) is 3.50. The highest BCUT2D eigenvalue weighted by Gasteiger charge is 2.33. The first-order valence-electron chi connectivity index (χ1n) is 9.85. The van der Waals surface area contributed by atoms with E-state index in [1.807, 2.05) is 0 Å². The van der Waals surface area contributed by atoms with Crippen LogP contribution in [0.4, 0.5) is 4.39 Å². The van der Waals surface area contributed by atoms with Crippen LogP contribution in [0, 0.1) is 12.9 Å². The fourth-order valence-corrected chi connectivity index (χ4v) is 3.65. The van der Waals surface area contributed by atoms with E-state index in [0.29, 0.717) is 16.8 Å². The SMILES string of the molecule is Cc1noc(C(CC(=O)OC(C)(C)C)NS(=O)C(C)(C)C)c1-c1ccnc(F)c1CO. The van der Waals surface area contributed by atoms with Gasteiger partial charge in [0.1, 0.15) is 5.60 Å². The van der Waals surface area contributed by atoms with Crippen molar-refractivity contribution in [1.82, 2.24) is 14.9 Å². The van der Waals surface area contributed by atoms with Gasteiger partial charge in [0, 0.05) is 17.3 Å². The lowest BCUT2D eigenvalue weighted by Crippen LogP contribution is -2.37. The Labute approximate surface area is 184 Å². The molecule has 0 amide bonds. The normalized spacial score (nSPS) is 14.4. The summed E-state index contributed by atoms with van der Waals surface area (Å²) in [5.74, 6) is -1.15. The van der Waals surface area contributed by atoms with E-state index in [9.17, 15) is 18.5 Å². The van der Waals surface area contributed by atoms with Gasteiger partial charge in [-0.15, -0.1) is 0 Å². The predicted molar refractivity (Wildman–Crippen MR) is 115 cm³/mol. The molecule has 0 fully saturated rings. The maximum absolute atomic E-state index is 14.2. The Bertz CT molecular complexity index is 963. The van der Waals surface area contributed by atoms with E-state index in [-0.39, 0.29) is 17.7 Å². The zero-order valence-electron chi connectivity index (χ0n) is 18.9. The number of aryl methyl sites for hydroxylation is 1. The summed E-state index contributed by atoms with van der Waals surface area (Å²) in [6.07, 6.45) is 1.08. The van der Waals surface area contributed by atoms with E-state index >= 15 is 0 Å². The number of nitrogens with one attached hydrogen (secondary N) is 1. The summed E-state index contributed by atoms with van der Waals surface area (Å²) in [6, 6.07) is 0.664. The topological polar surface area (TPSA) is 115 Å². The first kappa shape index (κ1) is 25.1. The minimum atomic E-state index is -1.56. The average Bonchev–Trinajstić information content (AvgIpc) is 2.99. The number of aliphatic hydroxyl groups excluding tert-OH is 1. The Morgan fingerprint density at radius 3 is 2.52 bits per heavy atom. The van der Waals surface area contributed by atoms with Crippen molar-refractivity contribution in [3.63, 3.8) is 0 Å². The molecule has 0 spiro atoms. The third-order valence-electron chi connectivity index (χ3n) is 4.23. The number of esters is 1. The van der Waals surface area contributed by atoms with Crippen LogP contribution in [0.2, 0.25) is 0 Å². The summed E-state index contributed by atoms with van der Waals surface area (Å²) in [5.41, 5.74) is 0.429. The standard InChI is InChI=1S/C21H30FN3O5S/c1-12-17(13-8-9-23-19(22)14(13)11-26)18(30-24-12)15(25-31(28)21(5,6)7)10-16(27)29-20(2,3)4/h8-9,15,25-26H,10-11H2,1-7H3. The van der Waals surface area contributed by atoms with Gasteiger partial charge in [0.25, 0.3) is 0 Å². The highest BCUT2D eigenvalue weighted by atomic mass is 32.2. The molecule has 2 atom stereocenters. The maximum Gasteiger partial charge on any atom is 0.308 e. The number of nitrogens with zero attached hydrogens (tertiary/aromatic N) is 2. The van der Waals surface area contributed by atoms with Gasteiger partial charge in [0.2, 0.25) is 5.95 Å². The lowest BCUT2D eigenvalue weighted by molar-refractivity contribution is -0.155. The molecule has 0 saturated heterocycles. The van der Waals surface area contributed by atoms with E-state index in [0.717, 1.165) is 0 Å². The second-order valence-electron chi connectivity index (χ2n) is 9.14. The van der Waals surface area contributed by atoms with Gasteiger partial charge in [-0.3, -0.25) is 4.79 Å². The van der Waals surface area contributed by atoms with Gasteiger partial charge in [-0.2, -0.15) is 4.39 Å². The lowest BCUT2D eigenvalue weighted by Gasteiger charge is -2.25. The number of hydrogen-bond acceptors (Lipinski definition) is 7. The largest absolute Gasteiger partial charge is 0.460 e. The fraction of sp³-hybridized carbons (Fsp3) is 0.571. The molecule has 0 aliphatic rings. The van der Waals surface area contributed by atoms with Gasteiger partial charge in [-0.1, -0.05) is 5.16 Å². The number of ether oxygens (including phenoxy) is 1. The zero-order chi connectivity index (χ0) is 23.6. The van der Waals surface area contributed by atoms with E-state index in [1.54, 1.807) is 48.5 Å². The quantitative estimate of drug-likeness (QED) is 0.485. The molecule has 2 unspecified atom stereocenters. The highest BCUT2D eigenvalue weighted by Crippen LogP contribution is 2.36. The lowest BCUT2D eigenvalue weighted by atomic mass is 9.96. The Morgan fingerprint density at radius 1 is 1.32 bits per heavy atom. The van der Waals surface area contributed by atoms with E-state index in [4.69, 9.17) is 9.26 Å². The van der Waals surface area contributed by atoms with Gasteiger partial charge in [0.05, 0.1) is 40.5 Å². The number of aromatic nitrogens is 2. The molecule has 2 aromatic rings. The van der Waals surface area contributed by atoms with Crippen molar-refractivity contribution in [3.8, 4) is 11.1 Å². The first-order chi connectivity index (χ1) is 14.2. The molecule has 0 radical (unpaired) electrons. The van der Waals surface area contributed by atoms with Crippen LogP contribution >= 0.6 is 0 Å².